The monoisotopic (exact) mass is 604 g/mol. The third-order valence-corrected chi connectivity index (χ3v) is 9.90. The molecule has 4 aromatic heterocycles. The number of piperidine rings is 1. The molecule has 5 aromatic rings. The van der Waals surface area contributed by atoms with Crippen molar-refractivity contribution in [2.75, 3.05) is 13.7 Å². The van der Waals surface area contributed by atoms with E-state index in [1.807, 2.05) is 42.3 Å². The fraction of sp³-hybridized carbons (Fsp3) is 0.382. The van der Waals surface area contributed by atoms with Crippen molar-refractivity contribution in [3.63, 3.8) is 0 Å². The summed E-state index contributed by atoms with van der Waals surface area (Å²) in [5.41, 5.74) is 18.0. The number of methoxy groups -OCH3 is 1. The van der Waals surface area contributed by atoms with Crippen LogP contribution in [0.2, 0.25) is 0 Å². The number of benzene rings is 1. The van der Waals surface area contributed by atoms with E-state index in [1.165, 1.54) is 12.8 Å². The van der Waals surface area contributed by atoms with Crippen LogP contribution in [0.1, 0.15) is 41.7 Å². The first kappa shape index (κ1) is 27.8. The quantitative estimate of drug-likeness (QED) is 0.275. The van der Waals surface area contributed by atoms with E-state index >= 15 is 0 Å². The van der Waals surface area contributed by atoms with Crippen molar-refractivity contribution in [3.05, 3.63) is 59.9 Å². The number of carbonyl (C=O) groups is 2. The number of aryl methyl sites for hydroxylation is 1. The minimum absolute atomic E-state index is 0.0122. The maximum absolute atomic E-state index is 13.7. The summed E-state index contributed by atoms with van der Waals surface area (Å²) in [5, 5.41) is 1.02. The van der Waals surface area contributed by atoms with Crippen LogP contribution in [0.3, 0.4) is 0 Å². The van der Waals surface area contributed by atoms with E-state index in [0.29, 0.717) is 40.9 Å². The number of nitrogens with two attached hydrogens (primary N) is 2. The van der Waals surface area contributed by atoms with E-state index in [9.17, 15) is 9.59 Å². The van der Waals surface area contributed by atoms with E-state index in [-0.39, 0.29) is 24.4 Å². The van der Waals surface area contributed by atoms with Gasteiger partial charge in [-0.1, -0.05) is 0 Å². The maximum atomic E-state index is 13.7. The molecule has 2 saturated carbocycles. The van der Waals surface area contributed by atoms with Gasteiger partial charge in [-0.15, -0.1) is 0 Å². The molecule has 4 N–H and O–H groups in total. The summed E-state index contributed by atoms with van der Waals surface area (Å²) in [4.78, 5) is 41.6. The lowest BCUT2D eigenvalue weighted by Crippen LogP contribution is -2.41. The van der Waals surface area contributed by atoms with Gasteiger partial charge in [-0.25, -0.2) is 9.97 Å². The molecule has 2 bridgehead atoms. The number of aromatic nitrogens is 5. The van der Waals surface area contributed by atoms with Crippen LogP contribution >= 0.6 is 0 Å². The standard InChI is InChI=1S/C34H36N8O3/c1-40-31-25(11-22(13-28(31)45-2)34(44)42-17-21-7-10-26(42)30(21)36)39-33(40)27-12-19-6-9-24(38-32(19)41(27)16-18-3-4-18)20-5-8-23(37-15-20)14-29(35)43/h5-6,8-9,11-13,15,18,21,26,30H,3-4,7,10,14,16-17,36H2,1-2H3,(H2,35,43)/t21-,26-,30-/m1/s1. The van der Waals surface area contributed by atoms with E-state index in [4.69, 9.17) is 26.2 Å². The lowest BCUT2D eigenvalue weighted by atomic mass is 10.1. The summed E-state index contributed by atoms with van der Waals surface area (Å²) in [5.74, 6) is 1.95. The number of pyridine rings is 2. The summed E-state index contributed by atoms with van der Waals surface area (Å²) in [6.45, 7) is 1.55. The van der Waals surface area contributed by atoms with E-state index < -0.39 is 5.91 Å². The number of hydrogen-bond donors (Lipinski definition) is 2. The van der Waals surface area contributed by atoms with Crippen molar-refractivity contribution < 1.29 is 14.3 Å². The molecule has 0 unspecified atom stereocenters. The normalized spacial score (nSPS) is 20.9. The van der Waals surface area contributed by atoms with Gasteiger partial charge >= 0.3 is 0 Å². The Morgan fingerprint density at radius 3 is 2.56 bits per heavy atom. The number of likely N-dealkylation sites (tertiary alicyclic amines) is 1. The Morgan fingerprint density at radius 1 is 1.04 bits per heavy atom. The Bertz CT molecular complexity index is 1990. The zero-order chi connectivity index (χ0) is 31.0. The van der Waals surface area contributed by atoms with Crippen molar-refractivity contribution in [3.8, 4) is 28.5 Å². The maximum Gasteiger partial charge on any atom is 0.254 e. The van der Waals surface area contributed by atoms with Crippen LogP contribution in [-0.2, 0) is 24.8 Å². The number of nitrogens with zero attached hydrogens (tertiary/aromatic N) is 6. The van der Waals surface area contributed by atoms with Crippen molar-refractivity contribution in [1.82, 2.24) is 29.0 Å². The Hall–Kier alpha value is -4.77. The highest BCUT2D eigenvalue weighted by Gasteiger charge is 2.47. The Balaban J connectivity index is 1.20. The second-order valence-electron chi connectivity index (χ2n) is 12.9. The molecule has 1 aromatic carbocycles. The van der Waals surface area contributed by atoms with E-state index in [0.717, 1.165) is 58.7 Å². The third-order valence-electron chi connectivity index (χ3n) is 9.90. The summed E-state index contributed by atoms with van der Waals surface area (Å²) < 4.78 is 10.2. The summed E-state index contributed by atoms with van der Waals surface area (Å²) in [6, 6.07) is 13.8. The SMILES string of the molecule is COc1cc(C(=O)N2C[C@H]3CC[C@@H]2[C@@H]3N)cc2nc(-c3cc4ccc(-c5ccc(CC(N)=O)nc5)nc4n3CC3CC3)n(C)c12. The molecule has 8 rings (SSSR count). The molecule has 3 aliphatic rings. The van der Waals surface area contributed by atoms with Gasteiger partial charge < -0.3 is 30.2 Å². The molecule has 5 heterocycles. The Kier molecular flexibility index (Phi) is 6.42. The lowest BCUT2D eigenvalue weighted by molar-refractivity contribution is -0.117. The highest BCUT2D eigenvalue weighted by molar-refractivity contribution is 6.00. The van der Waals surface area contributed by atoms with Crippen LogP contribution in [0.15, 0.2) is 48.7 Å². The van der Waals surface area contributed by atoms with Crippen LogP contribution in [0.25, 0.3) is 44.8 Å². The molecule has 11 heteroatoms. The van der Waals surface area contributed by atoms with E-state index in [1.54, 1.807) is 13.3 Å². The largest absolute Gasteiger partial charge is 0.494 e. The van der Waals surface area contributed by atoms with Crippen LogP contribution in [0.4, 0.5) is 0 Å². The minimum atomic E-state index is -0.411. The van der Waals surface area contributed by atoms with Crippen molar-refractivity contribution in [2.45, 2.75) is 50.7 Å². The van der Waals surface area contributed by atoms with Crippen molar-refractivity contribution in [1.29, 1.82) is 0 Å². The van der Waals surface area contributed by atoms with Crippen LogP contribution in [0, 0.1) is 11.8 Å². The van der Waals surface area contributed by atoms with Gasteiger partial charge in [0.15, 0.2) is 5.82 Å². The first-order chi connectivity index (χ1) is 21.8. The fourth-order valence-corrected chi connectivity index (χ4v) is 7.34. The number of amides is 2. The number of fused-ring (bicyclic) bond motifs is 4. The molecule has 2 amide bonds. The second kappa shape index (κ2) is 10.4. The third kappa shape index (κ3) is 4.64. The molecule has 2 aliphatic carbocycles. The summed E-state index contributed by atoms with van der Waals surface area (Å²) >= 11 is 0. The highest BCUT2D eigenvalue weighted by Crippen LogP contribution is 2.40. The van der Waals surface area contributed by atoms with Crippen LogP contribution in [-0.4, -0.2) is 66.5 Å². The number of hydrogen-bond acceptors (Lipinski definition) is 7. The van der Waals surface area contributed by atoms with Gasteiger partial charge in [0.2, 0.25) is 5.91 Å². The molecule has 1 saturated heterocycles. The average molecular weight is 605 g/mol. The first-order valence-corrected chi connectivity index (χ1v) is 15.6. The van der Waals surface area contributed by atoms with Gasteiger partial charge in [0.05, 0.1) is 30.4 Å². The predicted molar refractivity (Wildman–Crippen MR) is 170 cm³/mol. The molecule has 230 valence electrons. The minimum Gasteiger partial charge on any atom is -0.494 e. The Labute approximate surface area is 260 Å². The van der Waals surface area contributed by atoms with Crippen LogP contribution in [0.5, 0.6) is 5.75 Å². The smallest absolute Gasteiger partial charge is 0.254 e. The van der Waals surface area contributed by atoms with E-state index in [2.05, 4.69) is 26.3 Å². The van der Waals surface area contributed by atoms with Gasteiger partial charge in [-0.3, -0.25) is 14.6 Å². The molecule has 0 radical (unpaired) electrons. The summed E-state index contributed by atoms with van der Waals surface area (Å²) in [6.07, 6.45) is 6.27. The van der Waals surface area contributed by atoms with Crippen LogP contribution < -0.4 is 16.2 Å². The number of carbonyl (C=O) groups excluding carboxylic acids is 2. The number of ether oxygens (including phenoxy) is 1. The molecule has 11 nitrogen and oxygen atoms in total. The predicted octanol–water partition coefficient (Wildman–Crippen LogP) is 3.66. The fourth-order valence-electron chi connectivity index (χ4n) is 7.34. The zero-order valence-electron chi connectivity index (χ0n) is 25.4. The van der Waals surface area contributed by atoms with Gasteiger partial charge in [-0.05, 0) is 80.0 Å². The molecular weight excluding hydrogens is 568 g/mol. The first-order valence-electron chi connectivity index (χ1n) is 15.6. The average Bonchev–Trinajstić information content (AvgIpc) is 3.44. The van der Waals surface area contributed by atoms with Crippen molar-refractivity contribution >= 4 is 33.9 Å². The second-order valence-corrected chi connectivity index (χ2v) is 12.9. The number of rotatable bonds is 8. The highest BCUT2D eigenvalue weighted by atomic mass is 16.5. The van der Waals surface area contributed by atoms with Gasteiger partial charge in [0, 0.05) is 60.6 Å². The number of imidazole rings is 1. The van der Waals surface area contributed by atoms with Gasteiger partial charge in [0.25, 0.3) is 5.91 Å². The Morgan fingerprint density at radius 2 is 1.89 bits per heavy atom. The van der Waals surface area contributed by atoms with Gasteiger partial charge in [-0.2, -0.15) is 0 Å². The molecule has 45 heavy (non-hydrogen) atoms. The molecule has 3 fully saturated rings. The zero-order valence-corrected chi connectivity index (χ0v) is 25.4. The summed E-state index contributed by atoms with van der Waals surface area (Å²) in [7, 11) is 3.62. The topological polar surface area (TPSA) is 147 Å². The lowest BCUT2D eigenvalue weighted by Gasteiger charge is -2.27. The van der Waals surface area contributed by atoms with Crippen molar-refractivity contribution in [2.24, 2.45) is 30.4 Å². The molecule has 1 aliphatic heterocycles. The molecular formula is C34H36N8O3. The number of primary amides is 1. The van der Waals surface area contributed by atoms with Gasteiger partial charge in [0.1, 0.15) is 16.9 Å². The molecule has 3 atom stereocenters. The molecule has 0 spiro atoms.